The number of hydrogen-bond acceptors (Lipinski definition) is 8. The van der Waals surface area contributed by atoms with Crippen LogP contribution in [0.1, 0.15) is 27.2 Å². The standard InChI is InChI=1S/C24H27N3O4S4/c1-32-13-11-20(16-28)26-27-24(29)22-10-9-18(14-23(22)19-6-3-2-4-7-19)17-34-35(30,31)25-15-21-8-5-12-33-21/h2-10,12,14,16,20,25-26H,11,13,15,17H2,1H3,(H,27,29). The first-order valence-corrected chi connectivity index (χ1v) is 16.0. The Labute approximate surface area is 217 Å². The maximum Gasteiger partial charge on any atom is 0.266 e. The second-order valence-corrected chi connectivity index (χ2v) is 13.2. The van der Waals surface area contributed by atoms with E-state index >= 15 is 0 Å². The Kier molecular flexibility index (Phi) is 10.8. The van der Waals surface area contributed by atoms with Crippen LogP contribution in [0.25, 0.3) is 11.1 Å². The van der Waals surface area contributed by atoms with Crippen molar-refractivity contribution in [3.8, 4) is 11.1 Å². The van der Waals surface area contributed by atoms with Gasteiger partial charge in [-0.3, -0.25) is 10.2 Å². The van der Waals surface area contributed by atoms with Gasteiger partial charge in [-0.15, -0.1) is 11.3 Å². The zero-order valence-corrected chi connectivity index (χ0v) is 22.4. The lowest BCUT2D eigenvalue weighted by Crippen LogP contribution is -2.45. The van der Waals surface area contributed by atoms with E-state index in [1.807, 2.05) is 60.2 Å². The van der Waals surface area contributed by atoms with Crippen molar-refractivity contribution in [2.75, 3.05) is 12.0 Å². The Bertz CT molecular complexity index is 1200. The summed E-state index contributed by atoms with van der Waals surface area (Å²) in [5.74, 6) is 0.644. The molecule has 0 bridgehead atoms. The molecule has 3 rings (SSSR count). The molecule has 0 saturated carbocycles. The lowest BCUT2D eigenvalue weighted by atomic mass is 9.97. The molecular formula is C24H27N3O4S4. The minimum atomic E-state index is -3.54. The van der Waals surface area contributed by atoms with Gasteiger partial charge >= 0.3 is 0 Å². The lowest BCUT2D eigenvalue weighted by molar-refractivity contribution is -0.109. The highest BCUT2D eigenvalue weighted by Crippen LogP contribution is 2.28. The summed E-state index contributed by atoms with van der Waals surface area (Å²) < 4.78 is 27.5. The third-order valence-electron chi connectivity index (χ3n) is 4.97. The molecule has 0 radical (unpaired) electrons. The van der Waals surface area contributed by atoms with Gasteiger partial charge in [-0.1, -0.05) is 42.5 Å². The molecule has 1 heterocycles. The molecule has 1 atom stereocenters. The fraction of sp³-hybridized carbons (Fsp3) is 0.250. The van der Waals surface area contributed by atoms with Crippen LogP contribution < -0.4 is 15.6 Å². The van der Waals surface area contributed by atoms with Gasteiger partial charge in [0, 0.05) is 22.7 Å². The molecule has 0 spiro atoms. The van der Waals surface area contributed by atoms with Crippen molar-refractivity contribution in [2.45, 2.75) is 24.8 Å². The molecule has 1 aromatic heterocycles. The Morgan fingerprint density at radius 3 is 2.60 bits per heavy atom. The quantitative estimate of drug-likeness (QED) is 0.157. The van der Waals surface area contributed by atoms with Gasteiger partial charge in [0.15, 0.2) is 0 Å². The van der Waals surface area contributed by atoms with Gasteiger partial charge in [0.25, 0.3) is 15.0 Å². The van der Waals surface area contributed by atoms with E-state index in [4.69, 9.17) is 0 Å². The first kappa shape index (κ1) is 27.4. The summed E-state index contributed by atoms with van der Waals surface area (Å²) in [6.07, 6.45) is 3.33. The van der Waals surface area contributed by atoms with Gasteiger partial charge in [-0.05, 0) is 69.5 Å². The van der Waals surface area contributed by atoms with E-state index in [0.717, 1.165) is 38.8 Å². The number of thioether (sulfide) groups is 1. The van der Waals surface area contributed by atoms with Crippen molar-refractivity contribution < 1.29 is 18.0 Å². The fourth-order valence-electron chi connectivity index (χ4n) is 3.14. The van der Waals surface area contributed by atoms with Crippen LogP contribution >= 0.6 is 33.9 Å². The maximum atomic E-state index is 13.0. The molecule has 0 saturated heterocycles. The molecule has 11 heteroatoms. The summed E-state index contributed by atoms with van der Waals surface area (Å²) in [4.78, 5) is 25.2. The van der Waals surface area contributed by atoms with Crippen molar-refractivity contribution in [2.24, 2.45) is 0 Å². The maximum absolute atomic E-state index is 13.0. The zero-order chi connectivity index (χ0) is 25.1. The SMILES string of the molecule is CSCCC(C=O)NNC(=O)c1ccc(CSS(=O)(=O)NCc2cccs2)cc1-c1ccccc1. The monoisotopic (exact) mass is 549 g/mol. The first-order valence-electron chi connectivity index (χ1n) is 10.8. The van der Waals surface area contributed by atoms with Crippen LogP contribution in [0.4, 0.5) is 0 Å². The average Bonchev–Trinajstić information content (AvgIpc) is 3.41. The van der Waals surface area contributed by atoms with Crippen LogP contribution in [0.5, 0.6) is 0 Å². The number of hydrazine groups is 1. The highest BCUT2D eigenvalue weighted by Gasteiger charge is 2.17. The summed E-state index contributed by atoms with van der Waals surface area (Å²) >= 11 is 3.12. The van der Waals surface area contributed by atoms with Gasteiger partial charge in [-0.2, -0.15) is 11.8 Å². The number of hydrogen-bond donors (Lipinski definition) is 3. The summed E-state index contributed by atoms with van der Waals surface area (Å²) in [5, 5.41) is 1.90. The van der Waals surface area contributed by atoms with E-state index in [1.165, 1.54) is 11.3 Å². The fourth-order valence-corrected chi connectivity index (χ4v) is 6.55. The third-order valence-corrected chi connectivity index (χ3v) is 9.38. The molecule has 0 aliphatic rings. The number of amides is 1. The molecule has 7 nitrogen and oxygen atoms in total. The van der Waals surface area contributed by atoms with E-state index < -0.39 is 15.1 Å². The van der Waals surface area contributed by atoms with Crippen molar-refractivity contribution in [1.29, 1.82) is 0 Å². The largest absolute Gasteiger partial charge is 0.302 e. The zero-order valence-electron chi connectivity index (χ0n) is 19.1. The van der Waals surface area contributed by atoms with Crippen LogP contribution in [-0.4, -0.2) is 38.7 Å². The van der Waals surface area contributed by atoms with Gasteiger partial charge in [0.2, 0.25) is 0 Å². The van der Waals surface area contributed by atoms with E-state index in [-0.39, 0.29) is 18.2 Å². The Morgan fingerprint density at radius 2 is 1.91 bits per heavy atom. The molecule has 186 valence electrons. The first-order chi connectivity index (χ1) is 16.9. The van der Waals surface area contributed by atoms with Gasteiger partial charge in [0.05, 0.1) is 6.04 Å². The highest BCUT2D eigenvalue weighted by molar-refractivity contribution is 8.71. The lowest BCUT2D eigenvalue weighted by Gasteiger charge is -2.16. The number of rotatable bonds is 14. The second kappa shape index (κ2) is 13.8. The predicted octanol–water partition coefficient (Wildman–Crippen LogP) is 4.24. The number of benzene rings is 2. The van der Waals surface area contributed by atoms with E-state index in [2.05, 4.69) is 15.6 Å². The van der Waals surface area contributed by atoms with Crippen LogP contribution in [0.2, 0.25) is 0 Å². The second-order valence-electron chi connectivity index (χ2n) is 7.49. The predicted molar refractivity (Wildman–Crippen MR) is 147 cm³/mol. The third kappa shape index (κ3) is 8.78. The Balaban J connectivity index is 1.73. The van der Waals surface area contributed by atoms with Crippen LogP contribution in [0, 0.1) is 0 Å². The Hall–Kier alpha value is -2.15. The Morgan fingerprint density at radius 1 is 1.11 bits per heavy atom. The van der Waals surface area contributed by atoms with Crippen molar-refractivity contribution in [1.82, 2.24) is 15.6 Å². The summed E-state index contributed by atoms with van der Waals surface area (Å²) in [7, 11) is -2.73. The van der Waals surface area contributed by atoms with Gasteiger partial charge < -0.3 is 4.79 Å². The molecule has 3 N–H and O–H groups in total. The molecule has 1 unspecified atom stereocenters. The molecule has 1 amide bonds. The van der Waals surface area contributed by atoms with E-state index in [1.54, 1.807) is 23.9 Å². The number of nitrogens with one attached hydrogen (secondary N) is 3. The number of thiophene rings is 1. The highest BCUT2D eigenvalue weighted by atomic mass is 33.1. The van der Waals surface area contributed by atoms with Crippen LogP contribution in [0.3, 0.4) is 0 Å². The summed E-state index contributed by atoms with van der Waals surface area (Å²) in [6.45, 7) is 0.257. The van der Waals surface area contributed by atoms with Crippen LogP contribution in [-0.2, 0) is 26.1 Å². The molecular weight excluding hydrogens is 523 g/mol. The molecule has 2 aromatic carbocycles. The molecule has 0 aliphatic carbocycles. The van der Waals surface area contributed by atoms with Crippen molar-refractivity contribution >= 4 is 55.1 Å². The molecule has 35 heavy (non-hydrogen) atoms. The molecule has 3 aromatic rings. The summed E-state index contributed by atoms with van der Waals surface area (Å²) in [6, 6.07) is 18.0. The summed E-state index contributed by atoms with van der Waals surface area (Å²) in [5.41, 5.74) is 8.13. The molecule has 0 fully saturated rings. The minimum Gasteiger partial charge on any atom is -0.302 e. The number of aldehydes is 1. The molecule has 0 aliphatic heterocycles. The minimum absolute atomic E-state index is 0.224. The van der Waals surface area contributed by atoms with Crippen molar-refractivity contribution in [3.05, 3.63) is 82.0 Å². The number of carbonyl (C=O) groups is 2. The van der Waals surface area contributed by atoms with Gasteiger partial charge in [0.1, 0.15) is 6.29 Å². The van der Waals surface area contributed by atoms with Gasteiger partial charge in [-0.25, -0.2) is 18.6 Å². The van der Waals surface area contributed by atoms with E-state index in [9.17, 15) is 18.0 Å². The average molecular weight is 550 g/mol. The normalized spacial score (nSPS) is 12.3. The van der Waals surface area contributed by atoms with E-state index in [0.29, 0.717) is 17.5 Å². The number of carbonyl (C=O) groups excluding carboxylic acids is 2. The van der Waals surface area contributed by atoms with Crippen molar-refractivity contribution in [3.63, 3.8) is 0 Å². The topological polar surface area (TPSA) is 104 Å². The van der Waals surface area contributed by atoms with Crippen LogP contribution in [0.15, 0.2) is 66.0 Å². The smallest absolute Gasteiger partial charge is 0.266 e.